The highest BCUT2D eigenvalue weighted by Crippen LogP contribution is 2.31. The average Bonchev–Trinajstić information content (AvgIpc) is 2.24. The van der Waals surface area contributed by atoms with E-state index in [-0.39, 0.29) is 18.0 Å². The first kappa shape index (κ1) is 17.2. The Balaban J connectivity index is 0.00000289. The van der Waals surface area contributed by atoms with Crippen LogP contribution in [0.25, 0.3) is 0 Å². The number of halogens is 5. The minimum absolute atomic E-state index is 0. The van der Waals surface area contributed by atoms with Gasteiger partial charge in [-0.05, 0) is 18.6 Å². The molecule has 0 aliphatic heterocycles. The molecule has 0 amide bonds. The molecule has 104 valence electrons. The van der Waals surface area contributed by atoms with E-state index in [1.54, 1.807) is 0 Å². The summed E-state index contributed by atoms with van der Waals surface area (Å²) in [7, 11) is 0. The molecular weight excluding hydrogens is 270 g/mol. The van der Waals surface area contributed by atoms with Crippen molar-refractivity contribution in [3.05, 3.63) is 35.1 Å². The predicted molar refractivity (Wildman–Crippen MR) is 65.1 cm³/mol. The molecule has 0 fully saturated rings. The Hall–Kier alpha value is -0.810. The second-order valence-corrected chi connectivity index (χ2v) is 3.98. The molecule has 0 saturated carbocycles. The molecule has 2 N–H and O–H groups in total. The lowest BCUT2D eigenvalue weighted by Gasteiger charge is -2.14. The first-order valence-corrected chi connectivity index (χ1v) is 5.48. The molecule has 0 bridgehead atoms. The van der Waals surface area contributed by atoms with Crippen LogP contribution in [0, 0.1) is 5.82 Å². The molecule has 0 aliphatic carbocycles. The Kier molecular flexibility index (Phi) is 6.63. The van der Waals surface area contributed by atoms with Gasteiger partial charge in [0, 0.05) is 11.6 Å². The van der Waals surface area contributed by atoms with Gasteiger partial charge in [0.25, 0.3) is 0 Å². The molecule has 1 aromatic rings. The van der Waals surface area contributed by atoms with Crippen molar-refractivity contribution in [2.45, 2.75) is 38.4 Å². The second-order valence-electron chi connectivity index (χ2n) is 3.98. The van der Waals surface area contributed by atoms with Crippen molar-refractivity contribution in [2.75, 3.05) is 0 Å². The molecule has 1 nitrogen and oxygen atoms in total. The Morgan fingerprint density at radius 1 is 1.28 bits per heavy atom. The van der Waals surface area contributed by atoms with Crippen LogP contribution in [-0.2, 0) is 6.18 Å². The molecule has 1 aromatic carbocycles. The van der Waals surface area contributed by atoms with Gasteiger partial charge in [-0.2, -0.15) is 13.2 Å². The molecule has 18 heavy (non-hydrogen) atoms. The molecule has 0 aliphatic rings. The van der Waals surface area contributed by atoms with Crippen molar-refractivity contribution in [2.24, 2.45) is 5.73 Å². The van der Waals surface area contributed by atoms with E-state index in [2.05, 4.69) is 0 Å². The number of hydrogen-bond donors (Lipinski definition) is 1. The smallest absolute Gasteiger partial charge is 0.324 e. The predicted octanol–water partition coefficient (Wildman–Crippen LogP) is 4.46. The Labute approximate surface area is 110 Å². The van der Waals surface area contributed by atoms with E-state index in [4.69, 9.17) is 5.73 Å². The van der Waals surface area contributed by atoms with Gasteiger partial charge in [-0.1, -0.05) is 25.8 Å². The zero-order valence-electron chi connectivity index (χ0n) is 9.93. The third kappa shape index (κ3) is 4.46. The van der Waals surface area contributed by atoms with Gasteiger partial charge < -0.3 is 5.73 Å². The first-order chi connectivity index (χ1) is 7.86. The quantitative estimate of drug-likeness (QED) is 0.812. The Bertz CT molecular complexity index is 379. The van der Waals surface area contributed by atoms with E-state index in [0.717, 1.165) is 25.0 Å². The van der Waals surface area contributed by atoms with Crippen LogP contribution in [0.3, 0.4) is 0 Å². The van der Waals surface area contributed by atoms with Crippen molar-refractivity contribution in [3.63, 3.8) is 0 Å². The first-order valence-electron chi connectivity index (χ1n) is 5.48. The molecule has 0 heterocycles. The molecule has 0 unspecified atom stereocenters. The van der Waals surface area contributed by atoms with E-state index < -0.39 is 23.6 Å². The Morgan fingerprint density at radius 3 is 2.33 bits per heavy atom. The molecular formula is C12H16ClF4N. The van der Waals surface area contributed by atoms with Gasteiger partial charge in [-0.3, -0.25) is 0 Å². The minimum Gasteiger partial charge on any atom is -0.324 e. The van der Waals surface area contributed by atoms with E-state index in [9.17, 15) is 17.6 Å². The molecule has 6 heteroatoms. The van der Waals surface area contributed by atoms with Crippen molar-refractivity contribution < 1.29 is 17.6 Å². The van der Waals surface area contributed by atoms with E-state index in [0.29, 0.717) is 12.5 Å². The largest absolute Gasteiger partial charge is 0.416 e. The van der Waals surface area contributed by atoms with Crippen molar-refractivity contribution >= 4 is 12.4 Å². The summed E-state index contributed by atoms with van der Waals surface area (Å²) in [4.78, 5) is 0. The maximum absolute atomic E-state index is 13.5. The lowest BCUT2D eigenvalue weighted by Crippen LogP contribution is -2.13. The van der Waals surface area contributed by atoms with Crippen LogP contribution in [-0.4, -0.2) is 0 Å². The van der Waals surface area contributed by atoms with E-state index >= 15 is 0 Å². The highest BCUT2D eigenvalue weighted by Gasteiger charge is 2.31. The summed E-state index contributed by atoms with van der Waals surface area (Å²) in [5.41, 5.74) is 4.88. The van der Waals surface area contributed by atoms with E-state index in [1.807, 2.05) is 6.92 Å². The fraction of sp³-hybridized carbons (Fsp3) is 0.500. The number of unbranched alkanes of at least 4 members (excludes halogenated alkanes) is 1. The molecule has 1 atom stereocenters. The zero-order valence-corrected chi connectivity index (χ0v) is 10.7. The molecule has 0 spiro atoms. The van der Waals surface area contributed by atoms with Crippen LogP contribution in [0.2, 0.25) is 0 Å². The number of rotatable bonds is 4. The SMILES string of the molecule is CCCC[C@@H](N)c1ccc(C(F)(F)F)cc1F.Cl. The Morgan fingerprint density at radius 2 is 1.89 bits per heavy atom. The van der Waals surface area contributed by atoms with Gasteiger partial charge >= 0.3 is 6.18 Å². The normalized spacial score (nSPS) is 13.0. The zero-order chi connectivity index (χ0) is 13.1. The highest BCUT2D eigenvalue weighted by molar-refractivity contribution is 5.85. The van der Waals surface area contributed by atoms with Gasteiger partial charge in [0.2, 0.25) is 0 Å². The summed E-state index contributed by atoms with van der Waals surface area (Å²) in [6.45, 7) is 1.97. The van der Waals surface area contributed by atoms with Gasteiger partial charge in [-0.25, -0.2) is 4.39 Å². The number of alkyl halides is 3. The average molecular weight is 286 g/mol. The van der Waals surface area contributed by atoms with Crippen LogP contribution >= 0.6 is 12.4 Å². The summed E-state index contributed by atoms with van der Waals surface area (Å²) in [6.07, 6.45) is -2.22. The van der Waals surface area contributed by atoms with E-state index in [1.165, 1.54) is 0 Å². The summed E-state index contributed by atoms with van der Waals surface area (Å²) in [5, 5.41) is 0. The minimum atomic E-state index is -4.52. The summed E-state index contributed by atoms with van der Waals surface area (Å²) < 4.78 is 50.4. The third-order valence-electron chi connectivity index (χ3n) is 2.60. The van der Waals surface area contributed by atoms with Crippen LogP contribution in [0.15, 0.2) is 18.2 Å². The van der Waals surface area contributed by atoms with Gasteiger partial charge in [0.1, 0.15) is 5.82 Å². The topological polar surface area (TPSA) is 26.0 Å². The van der Waals surface area contributed by atoms with Gasteiger partial charge in [-0.15, -0.1) is 12.4 Å². The van der Waals surface area contributed by atoms with Crippen LogP contribution in [0.4, 0.5) is 17.6 Å². The molecule has 0 radical (unpaired) electrons. The number of benzene rings is 1. The summed E-state index contributed by atoms with van der Waals surface area (Å²) >= 11 is 0. The highest BCUT2D eigenvalue weighted by atomic mass is 35.5. The molecule has 0 aromatic heterocycles. The monoisotopic (exact) mass is 285 g/mol. The van der Waals surface area contributed by atoms with Gasteiger partial charge in [0.05, 0.1) is 5.56 Å². The lowest BCUT2D eigenvalue weighted by molar-refractivity contribution is -0.137. The van der Waals surface area contributed by atoms with Crippen LogP contribution in [0.1, 0.15) is 43.4 Å². The maximum Gasteiger partial charge on any atom is 0.416 e. The van der Waals surface area contributed by atoms with Crippen LogP contribution in [0.5, 0.6) is 0 Å². The number of nitrogens with two attached hydrogens (primary N) is 1. The lowest BCUT2D eigenvalue weighted by atomic mass is 10.00. The summed E-state index contributed by atoms with van der Waals surface area (Å²) in [5.74, 6) is -0.886. The molecule has 1 rings (SSSR count). The van der Waals surface area contributed by atoms with Crippen molar-refractivity contribution in [1.82, 2.24) is 0 Å². The second kappa shape index (κ2) is 6.95. The fourth-order valence-corrected chi connectivity index (χ4v) is 1.58. The number of hydrogen-bond acceptors (Lipinski definition) is 1. The fourth-order valence-electron chi connectivity index (χ4n) is 1.58. The summed E-state index contributed by atoms with van der Waals surface area (Å²) in [6, 6.07) is 1.95. The van der Waals surface area contributed by atoms with Crippen LogP contribution < -0.4 is 5.73 Å². The third-order valence-corrected chi connectivity index (χ3v) is 2.60. The van der Waals surface area contributed by atoms with Crippen molar-refractivity contribution in [1.29, 1.82) is 0 Å². The molecule has 0 saturated heterocycles. The van der Waals surface area contributed by atoms with Gasteiger partial charge in [0.15, 0.2) is 0 Å². The standard InChI is InChI=1S/C12H15F4N.ClH/c1-2-3-4-11(17)9-6-5-8(7-10(9)13)12(14,15)16;/h5-7,11H,2-4,17H2,1H3;1H/t11-;/m1./s1. The maximum atomic E-state index is 13.5. The van der Waals surface area contributed by atoms with Crippen molar-refractivity contribution in [3.8, 4) is 0 Å².